The molecule has 0 aromatic heterocycles. The number of carbonyl (C=O) groups excluding carboxylic acids is 2. The van der Waals surface area contributed by atoms with Gasteiger partial charge in [0.15, 0.2) is 0 Å². The highest BCUT2D eigenvalue weighted by atomic mass is 19.3. The van der Waals surface area contributed by atoms with Gasteiger partial charge >= 0.3 is 5.97 Å². The molecule has 0 fully saturated rings. The molecule has 0 unspecified atom stereocenters. The summed E-state index contributed by atoms with van der Waals surface area (Å²) in [5, 5.41) is 2.12. The van der Waals surface area contributed by atoms with Crippen LogP contribution in [0.15, 0.2) is 42.1 Å². The summed E-state index contributed by atoms with van der Waals surface area (Å²) in [4.78, 5) is 23.1. The van der Waals surface area contributed by atoms with Crippen LogP contribution in [-0.4, -0.2) is 24.9 Å². The van der Waals surface area contributed by atoms with Gasteiger partial charge < -0.3 is 10.1 Å². The van der Waals surface area contributed by atoms with Crippen molar-refractivity contribution in [3.8, 4) is 0 Å². The van der Waals surface area contributed by atoms with Crippen molar-refractivity contribution in [2.45, 2.75) is 13.3 Å². The van der Waals surface area contributed by atoms with Gasteiger partial charge in [0.1, 0.15) is 5.70 Å². The molecule has 4 nitrogen and oxygen atoms in total. The molecular weight excluding hydrogens is 256 g/mol. The molecule has 0 bridgehead atoms. The largest absolute Gasteiger partial charge is 0.461 e. The monoisotopic (exact) mass is 269 g/mol. The van der Waals surface area contributed by atoms with Gasteiger partial charge in [0.2, 0.25) is 0 Å². The average molecular weight is 269 g/mol. The molecule has 1 amide bonds. The minimum Gasteiger partial charge on any atom is -0.461 e. The number of hydrogen-bond acceptors (Lipinski definition) is 3. The van der Waals surface area contributed by atoms with Crippen molar-refractivity contribution in [1.82, 2.24) is 5.32 Å². The van der Waals surface area contributed by atoms with Gasteiger partial charge in [-0.05, 0) is 19.1 Å². The second kappa shape index (κ2) is 7.25. The second-order valence-corrected chi connectivity index (χ2v) is 3.46. The molecule has 0 spiro atoms. The number of alkyl halides is 2. The Morgan fingerprint density at radius 3 is 2.47 bits per heavy atom. The van der Waals surface area contributed by atoms with Crippen LogP contribution in [0.1, 0.15) is 17.3 Å². The van der Waals surface area contributed by atoms with Crippen molar-refractivity contribution in [3.05, 3.63) is 47.7 Å². The number of halogens is 2. The standard InChI is InChI=1S/C13H13F2NO3/c1-2-19-13(18)10(8-11(14)15)16-12(17)9-6-4-3-5-7-9/h3-8,11H,2H2,1H3,(H,16,17)/b10-8-. The normalized spacial score (nSPS) is 11.3. The lowest BCUT2D eigenvalue weighted by atomic mass is 10.2. The topological polar surface area (TPSA) is 55.4 Å². The molecular formula is C13H13F2NO3. The van der Waals surface area contributed by atoms with E-state index < -0.39 is 24.0 Å². The summed E-state index contributed by atoms with van der Waals surface area (Å²) in [5.74, 6) is -1.65. The smallest absolute Gasteiger partial charge is 0.354 e. The summed E-state index contributed by atoms with van der Waals surface area (Å²) in [7, 11) is 0. The Kier molecular flexibility index (Phi) is 5.66. The van der Waals surface area contributed by atoms with Crippen LogP contribution in [0.4, 0.5) is 8.78 Å². The van der Waals surface area contributed by atoms with Gasteiger partial charge in [-0.2, -0.15) is 0 Å². The molecule has 1 N–H and O–H groups in total. The lowest BCUT2D eigenvalue weighted by molar-refractivity contribution is -0.139. The minimum atomic E-state index is -2.87. The summed E-state index contributed by atoms with van der Waals surface area (Å²) < 4.78 is 29.2. The van der Waals surface area contributed by atoms with Gasteiger partial charge in [0.05, 0.1) is 6.61 Å². The quantitative estimate of drug-likeness (QED) is 0.658. The van der Waals surface area contributed by atoms with Gasteiger partial charge in [-0.15, -0.1) is 0 Å². The van der Waals surface area contributed by atoms with E-state index in [2.05, 4.69) is 10.1 Å². The van der Waals surface area contributed by atoms with E-state index in [9.17, 15) is 18.4 Å². The van der Waals surface area contributed by atoms with E-state index in [4.69, 9.17) is 0 Å². The minimum absolute atomic E-state index is 0.0284. The number of amides is 1. The maximum Gasteiger partial charge on any atom is 0.354 e. The number of ether oxygens (including phenoxy) is 1. The fraction of sp³-hybridized carbons (Fsp3) is 0.231. The Morgan fingerprint density at radius 1 is 1.32 bits per heavy atom. The zero-order valence-electron chi connectivity index (χ0n) is 10.2. The van der Waals surface area contributed by atoms with Crippen molar-refractivity contribution in [2.24, 2.45) is 0 Å². The van der Waals surface area contributed by atoms with E-state index in [-0.39, 0.29) is 12.2 Å². The van der Waals surface area contributed by atoms with Gasteiger partial charge in [-0.1, -0.05) is 18.2 Å². The number of esters is 1. The molecule has 0 aliphatic rings. The first kappa shape index (κ1) is 14.8. The Hall–Kier alpha value is -2.24. The Bertz CT molecular complexity index is 472. The molecule has 0 atom stereocenters. The van der Waals surface area contributed by atoms with Crippen molar-refractivity contribution in [3.63, 3.8) is 0 Å². The predicted molar refractivity (Wildman–Crippen MR) is 64.6 cm³/mol. The lowest BCUT2D eigenvalue weighted by Gasteiger charge is -2.09. The van der Waals surface area contributed by atoms with Crippen LogP contribution >= 0.6 is 0 Å². The van der Waals surface area contributed by atoms with E-state index >= 15 is 0 Å². The predicted octanol–water partition coefficient (Wildman–Crippen LogP) is 2.13. The van der Waals surface area contributed by atoms with Crippen molar-refractivity contribution in [2.75, 3.05) is 6.61 Å². The molecule has 0 saturated heterocycles. The van der Waals surface area contributed by atoms with Crippen LogP contribution in [0.5, 0.6) is 0 Å². The molecule has 19 heavy (non-hydrogen) atoms. The van der Waals surface area contributed by atoms with Crippen molar-refractivity contribution < 1.29 is 23.1 Å². The van der Waals surface area contributed by atoms with Crippen LogP contribution in [0, 0.1) is 0 Å². The van der Waals surface area contributed by atoms with Gasteiger partial charge in [0.25, 0.3) is 12.3 Å². The van der Waals surface area contributed by atoms with Crippen LogP contribution < -0.4 is 5.32 Å². The first-order valence-electron chi connectivity index (χ1n) is 5.58. The Labute approximate surface area is 109 Å². The van der Waals surface area contributed by atoms with Gasteiger partial charge in [0, 0.05) is 11.6 Å². The first-order valence-corrected chi connectivity index (χ1v) is 5.58. The third-order valence-corrected chi connectivity index (χ3v) is 2.07. The molecule has 0 aliphatic heterocycles. The Balaban J connectivity index is 2.84. The van der Waals surface area contributed by atoms with Gasteiger partial charge in [-0.25, -0.2) is 13.6 Å². The molecule has 0 saturated carbocycles. The summed E-state index contributed by atoms with van der Waals surface area (Å²) in [6.07, 6.45) is -2.52. The summed E-state index contributed by atoms with van der Waals surface area (Å²) in [5.41, 5.74) is -0.308. The van der Waals surface area contributed by atoms with Gasteiger partial charge in [-0.3, -0.25) is 4.79 Å². The molecule has 0 radical (unpaired) electrons. The fourth-order valence-corrected chi connectivity index (χ4v) is 1.28. The molecule has 1 aromatic carbocycles. The maximum absolute atomic E-state index is 12.3. The van der Waals surface area contributed by atoms with Crippen LogP contribution in [0.3, 0.4) is 0 Å². The first-order chi connectivity index (χ1) is 9.04. The van der Waals surface area contributed by atoms with E-state index in [1.807, 2.05) is 0 Å². The number of carbonyl (C=O) groups is 2. The third kappa shape index (κ3) is 4.87. The zero-order chi connectivity index (χ0) is 14.3. The number of benzene rings is 1. The number of rotatable bonds is 5. The molecule has 6 heteroatoms. The zero-order valence-corrected chi connectivity index (χ0v) is 10.2. The maximum atomic E-state index is 12.3. The molecule has 1 rings (SSSR count). The summed E-state index contributed by atoms with van der Waals surface area (Å²) >= 11 is 0. The highest BCUT2D eigenvalue weighted by Gasteiger charge is 2.17. The van der Waals surface area contributed by atoms with Crippen molar-refractivity contribution in [1.29, 1.82) is 0 Å². The average Bonchev–Trinajstić information content (AvgIpc) is 2.38. The van der Waals surface area contributed by atoms with Crippen LogP contribution in [0.25, 0.3) is 0 Å². The van der Waals surface area contributed by atoms with E-state index in [0.29, 0.717) is 6.08 Å². The van der Waals surface area contributed by atoms with Crippen LogP contribution in [0.2, 0.25) is 0 Å². The Morgan fingerprint density at radius 2 is 1.95 bits per heavy atom. The molecule has 102 valence electrons. The third-order valence-electron chi connectivity index (χ3n) is 2.07. The second-order valence-electron chi connectivity index (χ2n) is 3.46. The lowest BCUT2D eigenvalue weighted by Crippen LogP contribution is -2.29. The highest BCUT2D eigenvalue weighted by molar-refractivity contribution is 6.01. The van der Waals surface area contributed by atoms with E-state index in [0.717, 1.165) is 0 Å². The fourth-order valence-electron chi connectivity index (χ4n) is 1.28. The molecule has 1 aromatic rings. The van der Waals surface area contributed by atoms with E-state index in [1.54, 1.807) is 18.2 Å². The number of nitrogens with one attached hydrogen (secondary N) is 1. The highest BCUT2D eigenvalue weighted by Crippen LogP contribution is 2.05. The van der Waals surface area contributed by atoms with Crippen molar-refractivity contribution >= 4 is 11.9 Å². The molecule has 0 heterocycles. The number of hydrogen-bond donors (Lipinski definition) is 1. The SMILES string of the molecule is CCOC(=O)/C(=C/C(F)F)NC(=O)c1ccccc1. The van der Waals surface area contributed by atoms with Crippen LogP contribution in [-0.2, 0) is 9.53 Å². The summed E-state index contributed by atoms with van der Waals surface area (Å²) in [6, 6.07) is 7.95. The number of allylic oxidation sites excluding steroid dienone is 1. The van der Waals surface area contributed by atoms with E-state index in [1.165, 1.54) is 19.1 Å². The molecule has 0 aliphatic carbocycles. The summed E-state index contributed by atoms with van der Waals surface area (Å²) in [6.45, 7) is 1.57.